The number of carbonyl (C=O) groups is 1. The van der Waals surface area contributed by atoms with E-state index in [0.29, 0.717) is 0 Å². The minimum Gasteiger partial charge on any atom is -0.399 e. The van der Waals surface area contributed by atoms with Gasteiger partial charge in [0.05, 0.1) is 4.92 Å². The van der Waals surface area contributed by atoms with Crippen molar-refractivity contribution in [1.29, 1.82) is 0 Å². The van der Waals surface area contributed by atoms with Crippen LogP contribution in [-0.4, -0.2) is 10.8 Å². The lowest BCUT2D eigenvalue weighted by atomic mass is 10.2. The molecule has 6 nitrogen and oxygen atoms in total. The van der Waals surface area contributed by atoms with E-state index in [9.17, 15) is 14.9 Å². The van der Waals surface area contributed by atoms with E-state index in [1.165, 1.54) is 25.1 Å². The molecule has 0 unspecified atom stereocenters. The second-order valence-electron chi connectivity index (χ2n) is 2.71. The summed E-state index contributed by atoms with van der Waals surface area (Å²) in [5.74, 6) is -0.363. The summed E-state index contributed by atoms with van der Waals surface area (Å²) in [7, 11) is 0. The predicted octanol–water partition coefficient (Wildman–Crippen LogP) is 1.14. The molecule has 3 N–H and O–H groups in total. The molecule has 1 aromatic rings. The lowest BCUT2D eigenvalue weighted by Crippen LogP contribution is -2.08. The monoisotopic (exact) mass is 195 g/mol. The zero-order valence-corrected chi connectivity index (χ0v) is 7.48. The molecule has 0 atom stereocenters. The number of nitrogens with zero attached hydrogens (tertiary/aromatic N) is 1. The molecule has 0 saturated heterocycles. The van der Waals surface area contributed by atoms with Crippen molar-refractivity contribution < 1.29 is 9.72 Å². The summed E-state index contributed by atoms with van der Waals surface area (Å²) >= 11 is 0. The van der Waals surface area contributed by atoms with Crippen LogP contribution in [0.25, 0.3) is 0 Å². The second kappa shape index (κ2) is 3.73. The van der Waals surface area contributed by atoms with E-state index in [0.717, 1.165) is 0 Å². The van der Waals surface area contributed by atoms with Gasteiger partial charge in [0.2, 0.25) is 5.91 Å². The van der Waals surface area contributed by atoms with Crippen molar-refractivity contribution >= 4 is 23.0 Å². The van der Waals surface area contributed by atoms with Gasteiger partial charge in [0.15, 0.2) is 0 Å². The van der Waals surface area contributed by atoms with E-state index >= 15 is 0 Å². The summed E-state index contributed by atoms with van der Waals surface area (Å²) in [6.07, 6.45) is 0. The molecule has 1 rings (SSSR count). The summed E-state index contributed by atoms with van der Waals surface area (Å²) < 4.78 is 0. The Kier molecular flexibility index (Phi) is 2.66. The first-order valence-electron chi connectivity index (χ1n) is 3.82. The number of nitrogens with one attached hydrogen (secondary N) is 1. The van der Waals surface area contributed by atoms with Crippen molar-refractivity contribution in [3.8, 4) is 0 Å². The smallest absolute Gasteiger partial charge is 0.294 e. The van der Waals surface area contributed by atoms with Crippen LogP contribution in [0.15, 0.2) is 18.2 Å². The molecule has 0 aliphatic heterocycles. The fraction of sp³-hybridized carbons (Fsp3) is 0.125. The highest BCUT2D eigenvalue weighted by Crippen LogP contribution is 2.26. The van der Waals surface area contributed by atoms with E-state index < -0.39 is 4.92 Å². The zero-order valence-electron chi connectivity index (χ0n) is 7.48. The lowest BCUT2D eigenvalue weighted by molar-refractivity contribution is -0.383. The topological polar surface area (TPSA) is 98.3 Å². The Bertz CT molecular complexity index is 389. The minimum atomic E-state index is -0.596. The highest BCUT2D eigenvalue weighted by molar-refractivity contribution is 5.91. The van der Waals surface area contributed by atoms with Crippen LogP contribution in [0, 0.1) is 10.1 Å². The molecule has 1 aromatic carbocycles. The lowest BCUT2D eigenvalue weighted by Gasteiger charge is -2.03. The molecule has 0 fully saturated rings. The Morgan fingerprint density at radius 1 is 1.57 bits per heavy atom. The minimum absolute atomic E-state index is 0.150. The Hall–Kier alpha value is -2.11. The van der Waals surface area contributed by atoms with E-state index in [4.69, 9.17) is 5.73 Å². The summed E-state index contributed by atoms with van der Waals surface area (Å²) in [5.41, 5.74) is 5.60. The molecule has 14 heavy (non-hydrogen) atoms. The molecular weight excluding hydrogens is 186 g/mol. The molecule has 6 heteroatoms. The third-order valence-electron chi connectivity index (χ3n) is 1.53. The molecule has 0 bridgehead atoms. The molecule has 0 radical (unpaired) electrons. The second-order valence-corrected chi connectivity index (χ2v) is 2.71. The highest BCUT2D eigenvalue weighted by Gasteiger charge is 2.14. The standard InChI is InChI=1S/C8H9N3O3/c1-5(12)10-7-3-2-6(9)4-8(7)11(13)14/h2-4H,9H2,1H3,(H,10,12). The first kappa shape index (κ1) is 9.97. The average Bonchev–Trinajstić information content (AvgIpc) is 2.07. The van der Waals surface area contributed by atoms with Crippen molar-refractivity contribution in [2.75, 3.05) is 11.1 Å². The van der Waals surface area contributed by atoms with E-state index in [2.05, 4.69) is 5.32 Å². The fourth-order valence-electron chi connectivity index (χ4n) is 0.995. The van der Waals surface area contributed by atoms with Crippen LogP contribution in [0.2, 0.25) is 0 Å². The largest absolute Gasteiger partial charge is 0.399 e. The number of nitro benzene ring substituents is 1. The fourth-order valence-corrected chi connectivity index (χ4v) is 0.995. The van der Waals surface area contributed by atoms with Gasteiger partial charge in [-0.15, -0.1) is 0 Å². The number of nitrogens with two attached hydrogens (primary N) is 1. The number of amides is 1. The number of nitrogen functional groups attached to an aromatic ring is 1. The Morgan fingerprint density at radius 2 is 2.21 bits per heavy atom. The van der Waals surface area contributed by atoms with Gasteiger partial charge in [-0.3, -0.25) is 14.9 Å². The van der Waals surface area contributed by atoms with Gasteiger partial charge in [0, 0.05) is 18.7 Å². The van der Waals surface area contributed by atoms with Crippen LogP contribution in [0.5, 0.6) is 0 Å². The number of hydrogen-bond acceptors (Lipinski definition) is 4. The Balaban J connectivity index is 3.14. The first-order chi connectivity index (χ1) is 6.50. The number of anilines is 2. The normalized spacial score (nSPS) is 9.50. The number of hydrogen-bond donors (Lipinski definition) is 2. The van der Waals surface area contributed by atoms with Crippen LogP contribution in [0.3, 0.4) is 0 Å². The van der Waals surface area contributed by atoms with Gasteiger partial charge in [-0.05, 0) is 12.1 Å². The van der Waals surface area contributed by atoms with Crippen molar-refractivity contribution in [2.45, 2.75) is 6.92 Å². The molecule has 0 aliphatic rings. The van der Waals surface area contributed by atoms with Crippen molar-refractivity contribution in [3.05, 3.63) is 28.3 Å². The predicted molar refractivity (Wildman–Crippen MR) is 51.8 cm³/mol. The third kappa shape index (κ3) is 2.19. The maximum atomic E-state index is 10.7. The first-order valence-corrected chi connectivity index (χ1v) is 3.82. The quantitative estimate of drug-likeness (QED) is 0.420. The number of benzene rings is 1. The van der Waals surface area contributed by atoms with Crippen LogP contribution < -0.4 is 11.1 Å². The van der Waals surface area contributed by atoms with Crippen LogP contribution >= 0.6 is 0 Å². The van der Waals surface area contributed by atoms with E-state index in [1.54, 1.807) is 0 Å². The van der Waals surface area contributed by atoms with Gasteiger partial charge >= 0.3 is 0 Å². The number of rotatable bonds is 2. The summed E-state index contributed by atoms with van der Waals surface area (Å²) in [4.78, 5) is 20.7. The highest BCUT2D eigenvalue weighted by atomic mass is 16.6. The molecule has 0 aromatic heterocycles. The van der Waals surface area contributed by atoms with Gasteiger partial charge in [-0.1, -0.05) is 0 Å². The van der Waals surface area contributed by atoms with Crippen molar-refractivity contribution in [1.82, 2.24) is 0 Å². The third-order valence-corrected chi connectivity index (χ3v) is 1.53. The molecule has 0 heterocycles. The zero-order chi connectivity index (χ0) is 10.7. The van der Waals surface area contributed by atoms with Gasteiger partial charge in [0.1, 0.15) is 5.69 Å². The van der Waals surface area contributed by atoms with Gasteiger partial charge in [0.25, 0.3) is 5.69 Å². The van der Waals surface area contributed by atoms with Crippen molar-refractivity contribution in [3.63, 3.8) is 0 Å². The summed E-state index contributed by atoms with van der Waals surface area (Å²) in [6, 6.07) is 4.08. The molecule has 0 aliphatic carbocycles. The van der Waals surface area contributed by atoms with Gasteiger partial charge in [-0.25, -0.2) is 0 Å². The molecule has 0 saturated carbocycles. The van der Waals surface area contributed by atoms with Crippen LogP contribution in [0.1, 0.15) is 6.92 Å². The average molecular weight is 195 g/mol. The van der Waals surface area contributed by atoms with E-state index in [-0.39, 0.29) is 23.0 Å². The summed E-state index contributed by atoms with van der Waals surface area (Å²) in [6.45, 7) is 1.28. The molecular formula is C8H9N3O3. The van der Waals surface area contributed by atoms with Gasteiger partial charge in [-0.2, -0.15) is 0 Å². The Labute approximate surface area is 79.9 Å². The summed E-state index contributed by atoms with van der Waals surface area (Å²) in [5, 5.41) is 12.9. The molecule has 0 spiro atoms. The SMILES string of the molecule is CC(=O)Nc1ccc(N)cc1[N+](=O)[O-]. The number of nitro groups is 1. The van der Waals surface area contributed by atoms with E-state index in [1.807, 2.05) is 0 Å². The Morgan fingerprint density at radius 3 is 2.71 bits per heavy atom. The van der Waals surface area contributed by atoms with Gasteiger partial charge < -0.3 is 11.1 Å². The molecule has 74 valence electrons. The van der Waals surface area contributed by atoms with Crippen molar-refractivity contribution in [2.24, 2.45) is 0 Å². The molecule has 1 amide bonds. The maximum absolute atomic E-state index is 10.7. The number of carbonyl (C=O) groups excluding carboxylic acids is 1. The van der Waals surface area contributed by atoms with Crippen LogP contribution in [-0.2, 0) is 4.79 Å². The maximum Gasteiger partial charge on any atom is 0.294 e. The van der Waals surface area contributed by atoms with Crippen LogP contribution in [0.4, 0.5) is 17.1 Å².